The number of nitrogens with one attached hydrogen (secondary N) is 3. The van der Waals surface area contributed by atoms with E-state index in [9.17, 15) is 9.59 Å². The molecule has 2 amide bonds. The summed E-state index contributed by atoms with van der Waals surface area (Å²) >= 11 is 0. The fraction of sp³-hybridized carbons (Fsp3) is 0.481. The van der Waals surface area contributed by atoms with Crippen molar-refractivity contribution in [1.82, 2.24) is 20.9 Å². The fourth-order valence-electron chi connectivity index (χ4n) is 5.21. The molecule has 0 spiro atoms. The van der Waals surface area contributed by atoms with Crippen LogP contribution >= 0.6 is 0 Å². The van der Waals surface area contributed by atoms with Crippen molar-refractivity contribution >= 4 is 11.8 Å². The number of likely N-dealkylation sites (N-methyl/N-ethyl adjacent to an activating group) is 1. The van der Waals surface area contributed by atoms with Crippen LogP contribution < -0.4 is 16.0 Å². The fourth-order valence-corrected chi connectivity index (χ4v) is 5.21. The number of nitrogens with zero attached hydrogens (tertiary/aromatic N) is 1. The monoisotopic (exact) mass is 448 g/mol. The van der Waals surface area contributed by atoms with E-state index in [-0.39, 0.29) is 36.0 Å². The van der Waals surface area contributed by atoms with Crippen LogP contribution in [0.25, 0.3) is 0 Å². The molecule has 6 nitrogen and oxygen atoms in total. The van der Waals surface area contributed by atoms with Crippen LogP contribution in [0.1, 0.15) is 56.2 Å². The smallest absolute Gasteiger partial charge is 0.238 e. The van der Waals surface area contributed by atoms with E-state index in [4.69, 9.17) is 0 Å². The van der Waals surface area contributed by atoms with Crippen molar-refractivity contribution in [2.24, 2.45) is 0 Å². The number of carbonyl (C=O) groups is 2. The zero-order chi connectivity index (χ0) is 23.2. The van der Waals surface area contributed by atoms with E-state index in [2.05, 4.69) is 45.1 Å². The molecule has 3 N–H and O–H groups in total. The molecule has 2 unspecified atom stereocenters. The summed E-state index contributed by atoms with van der Waals surface area (Å²) in [7, 11) is 1.80. The Kier molecular flexibility index (Phi) is 7.78. The summed E-state index contributed by atoms with van der Waals surface area (Å²) in [5.41, 5.74) is 2.15. The maximum atomic E-state index is 13.6. The van der Waals surface area contributed by atoms with E-state index >= 15 is 0 Å². The standard InChI is InChI=1S/C27H36N4O2/c1-19(28-2)26(32)29-22-14-9-15-23-16-17-24(31(23)18-22)27(33)30-25(20-10-5-3-6-11-20)21-12-7-4-8-13-21/h3-8,10-13,19,22-25,28H,9,14-18H2,1-2H3,(H,29,32)(H,30,33)/t19-,22?,23-,24?/m0/s1. The van der Waals surface area contributed by atoms with Crippen molar-refractivity contribution in [1.29, 1.82) is 0 Å². The molecule has 2 aromatic carbocycles. The Morgan fingerprint density at radius 2 is 1.55 bits per heavy atom. The Morgan fingerprint density at radius 3 is 2.15 bits per heavy atom. The number of hydrogen-bond acceptors (Lipinski definition) is 4. The third-order valence-corrected chi connectivity index (χ3v) is 7.19. The quantitative estimate of drug-likeness (QED) is 0.609. The number of fused-ring (bicyclic) bond motifs is 1. The highest BCUT2D eigenvalue weighted by molar-refractivity contribution is 5.83. The molecule has 0 aromatic heterocycles. The van der Waals surface area contributed by atoms with Crippen LogP contribution in [0.4, 0.5) is 0 Å². The molecule has 2 aromatic rings. The van der Waals surface area contributed by atoms with Gasteiger partial charge in [0.1, 0.15) is 0 Å². The van der Waals surface area contributed by atoms with Gasteiger partial charge >= 0.3 is 0 Å². The molecule has 0 saturated carbocycles. The Morgan fingerprint density at radius 1 is 0.909 bits per heavy atom. The molecule has 0 bridgehead atoms. The minimum absolute atomic E-state index is 0.0226. The van der Waals surface area contributed by atoms with Crippen molar-refractivity contribution in [2.45, 2.75) is 69.2 Å². The lowest BCUT2D eigenvalue weighted by atomic mass is 9.98. The normalized spacial score (nSPS) is 24.0. The van der Waals surface area contributed by atoms with Gasteiger partial charge in [-0.1, -0.05) is 60.7 Å². The maximum absolute atomic E-state index is 13.6. The number of rotatable bonds is 7. The van der Waals surface area contributed by atoms with E-state index < -0.39 is 0 Å². The Bertz CT molecular complexity index is 881. The molecule has 2 saturated heterocycles. The number of amides is 2. The molecule has 4 atom stereocenters. The second kappa shape index (κ2) is 10.9. The van der Waals surface area contributed by atoms with Gasteiger partial charge in [0.2, 0.25) is 11.8 Å². The average Bonchev–Trinajstić information content (AvgIpc) is 3.14. The van der Waals surface area contributed by atoms with Crippen LogP contribution in [-0.2, 0) is 9.59 Å². The number of carbonyl (C=O) groups excluding carboxylic acids is 2. The first-order chi connectivity index (χ1) is 16.1. The lowest BCUT2D eigenvalue weighted by Crippen LogP contribution is -2.53. The van der Waals surface area contributed by atoms with Crippen LogP contribution in [0, 0.1) is 0 Å². The van der Waals surface area contributed by atoms with Crippen molar-refractivity contribution in [2.75, 3.05) is 13.6 Å². The number of hydrogen-bond donors (Lipinski definition) is 3. The number of benzene rings is 2. The third-order valence-electron chi connectivity index (χ3n) is 7.19. The zero-order valence-electron chi connectivity index (χ0n) is 19.7. The van der Waals surface area contributed by atoms with Crippen LogP contribution in [0.5, 0.6) is 0 Å². The van der Waals surface area contributed by atoms with Crippen molar-refractivity contribution in [3.8, 4) is 0 Å². The minimum Gasteiger partial charge on any atom is -0.351 e. The Hall–Kier alpha value is -2.70. The first kappa shape index (κ1) is 23.5. The van der Waals surface area contributed by atoms with Crippen molar-refractivity contribution in [3.63, 3.8) is 0 Å². The maximum Gasteiger partial charge on any atom is 0.238 e. The molecular formula is C27H36N4O2. The molecule has 4 rings (SSSR count). The summed E-state index contributed by atoms with van der Waals surface area (Å²) in [6.07, 6.45) is 5.01. The second-order valence-electron chi connectivity index (χ2n) is 9.35. The van der Waals surface area contributed by atoms with Gasteiger partial charge in [-0.3, -0.25) is 14.5 Å². The first-order valence-electron chi connectivity index (χ1n) is 12.2. The highest BCUT2D eigenvalue weighted by atomic mass is 16.2. The van der Waals surface area contributed by atoms with Gasteiger partial charge < -0.3 is 16.0 Å². The zero-order valence-corrected chi connectivity index (χ0v) is 19.7. The first-order valence-corrected chi connectivity index (χ1v) is 12.2. The Balaban J connectivity index is 1.49. The predicted molar refractivity (Wildman–Crippen MR) is 131 cm³/mol. The SMILES string of the molecule is CN[C@@H](C)C(=O)NC1CCC[C@H]2CCC(C(=O)NC(c3ccccc3)c3ccccc3)N2C1. The average molecular weight is 449 g/mol. The van der Waals surface area contributed by atoms with Gasteiger partial charge in [0.05, 0.1) is 18.1 Å². The summed E-state index contributed by atoms with van der Waals surface area (Å²) in [6, 6.07) is 20.2. The van der Waals surface area contributed by atoms with Gasteiger partial charge in [0.15, 0.2) is 0 Å². The molecule has 33 heavy (non-hydrogen) atoms. The molecule has 2 heterocycles. The Labute approximate surface area is 197 Å². The molecule has 0 radical (unpaired) electrons. The molecule has 2 fully saturated rings. The van der Waals surface area contributed by atoms with Gasteiger partial charge in [-0.05, 0) is 57.2 Å². The topological polar surface area (TPSA) is 73.5 Å². The van der Waals surface area contributed by atoms with Crippen LogP contribution in [0.3, 0.4) is 0 Å². The molecule has 2 aliphatic heterocycles. The van der Waals surface area contributed by atoms with E-state index in [0.29, 0.717) is 6.04 Å². The second-order valence-corrected chi connectivity index (χ2v) is 9.35. The van der Waals surface area contributed by atoms with Gasteiger partial charge in [-0.15, -0.1) is 0 Å². The third kappa shape index (κ3) is 5.63. The predicted octanol–water partition coefficient (Wildman–Crippen LogP) is 3.00. The molecule has 6 heteroatoms. The molecular weight excluding hydrogens is 412 g/mol. The highest BCUT2D eigenvalue weighted by Crippen LogP contribution is 2.32. The molecule has 0 aliphatic carbocycles. The van der Waals surface area contributed by atoms with E-state index in [0.717, 1.165) is 49.8 Å². The summed E-state index contributed by atoms with van der Waals surface area (Å²) in [5.74, 6) is 0.0974. The van der Waals surface area contributed by atoms with Gasteiger partial charge in [0.25, 0.3) is 0 Å². The lowest BCUT2D eigenvalue weighted by molar-refractivity contribution is -0.126. The highest BCUT2D eigenvalue weighted by Gasteiger charge is 2.41. The van der Waals surface area contributed by atoms with E-state index in [1.165, 1.54) is 0 Å². The van der Waals surface area contributed by atoms with Crippen LogP contribution in [-0.4, -0.2) is 54.5 Å². The minimum atomic E-state index is -0.223. The molecule has 2 aliphatic rings. The van der Waals surface area contributed by atoms with Crippen molar-refractivity contribution < 1.29 is 9.59 Å². The van der Waals surface area contributed by atoms with E-state index in [1.807, 2.05) is 43.3 Å². The van der Waals surface area contributed by atoms with Gasteiger partial charge in [-0.2, -0.15) is 0 Å². The summed E-state index contributed by atoms with van der Waals surface area (Å²) < 4.78 is 0. The van der Waals surface area contributed by atoms with Crippen molar-refractivity contribution in [3.05, 3.63) is 71.8 Å². The molecule has 176 valence electrons. The summed E-state index contributed by atoms with van der Waals surface area (Å²) in [4.78, 5) is 28.4. The largest absolute Gasteiger partial charge is 0.351 e. The van der Waals surface area contributed by atoms with Gasteiger partial charge in [0, 0.05) is 18.6 Å². The van der Waals surface area contributed by atoms with E-state index in [1.54, 1.807) is 7.05 Å². The lowest BCUT2D eigenvalue weighted by Gasteiger charge is -2.32. The summed E-state index contributed by atoms with van der Waals surface area (Å²) in [6.45, 7) is 2.60. The van der Waals surface area contributed by atoms with Crippen LogP contribution in [0.2, 0.25) is 0 Å². The van der Waals surface area contributed by atoms with Crippen LogP contribution in [0.15, 0.2) is 60.7 Å². The van der Waals surface area contributed by atoms with Gasteiger partial charge in [-0.25, -0.2) is 0 Å². The summed E-state index contributed by atoms with van der Waals surface area (Å²) in [5, 5.41) is 9.56.